The summed E-state index contributed by atoms with van der Waals surface area (Å²) in [6, 6.07) is 12.3. The Kier molecular flexibility index (Phi) is 7.23. The summed E-state index contributed by atoms with van der Waals surface area (Å²) >= 11 is 1.25. The number of rotatable bonds is 9. The van der Waals surface area contributed by atoms with E-state index in [0.29, 0.717) is 23.4 Å². The lowest BCUT2D eigenvalue weighted by Crippen LogP contribution is -2.20. The molecule has 0 atom stereocenters. The van der Waals surface area contributed by atoms with Gasteiger partial charge in [-0.05, 0) is 64.0 Å². The highest BCUT2D eigenvalue weighted by molar-refractivity contribution is 7.07. The number of hydrogen-bond donors (Lipinski definition) is 0. The number of likely N-dealkylation sites (N-methyl/N-ethyl adjacent to an activating group) is 1. The van der Waals surface area contributed by atoms with Gasteiger partial charge in [-0.3, -0.25) is 0 Å². The first kappa shape index (κ1) is 21.3. The van der Waals surface area contributed by atoms with Crippen molar-refractivity contribution in [2.75, 3.05) is 26.7 Å². The van der Waals surface area contributed by atoms with Crippen molar-refractivity contribution in [1.29, 1.82) is 0 Å². The Hall–Kier alpha value is -2.44. The third-order valence-corrected chi connectivity index (χ3v) is 5.51. The predicted octanol–water partition coefficient (Wildman–Crippen LogP) is 5.51. The fourth-order valence-corrected chi connectivity index (χ4v) is 3.52. The summed E-state index contributed by atoms with van der Waals surface area (Å²) in [6.45, 7) is 11.0. The van der Waals surface area contributed by atoms with Crippen molar-refractivity contribution < 1.29 is 9.47 Å². The molecule has 2 aromatic carbocycles. The normalized spacial score (nSPS) is 11.1. The van der Waals surface area contributed by atoms with Gasteiger partial charge >= 0.3 is 0 Å². The van der Waals surface area contributed by atoms with E-state index in [-0.39, 0.29) is 0 Å². The minimum absolute atomic E-state index is 0.513. The fraction of sp³-hybridized carbons (Fsp3) is 0.391. The van der Waals surface area contributed by atoms with Crippen LogP contribution < -0.4 is 9.47 Å². The van der Waals surface area contributed by atoms with Crippen molar-refractivity contribution >= 4 is 11.5 Å². The minimum Gasteiger partial charge on any atom is -0.490 e. The lowest BCUT2D eigenvalue weighted by atomic mass is 10.0. The molecule has 0 aliphatic carbocycles. The first-order valence-electron chi connectivity index (χ1n) is 10.0. The molecular formula is C23H29N3O2S. The Morgan fingerprint density at radius 1 is 1.03 bits per heavy atom. The smallest absolute Gasteiger partial charge is 0.299 e. The van der Waals surface area contributed by atoms with Crippen LogP contribution >= 0.6 is 11.5 Å². The first-order chi connectivity index (χ1) is 14.0. The lowest BCUT2D eigenvalue weighted by molar-refractivity contribution is 0.320. The molecule has 1 heterocycles. The van der Waals surface area contributed by atoms with E-state index in [9.17, 15) is 0 Å². The van der Waals surface area contributed by atoms with Gasteiger partial charge in [0.05, 0.1) is 6.61 Å². The molecule has 1 aromatic heterocycles. The van der Waals surface area contributed by atoms with Gasteiger partial charge in [-0.2, -0.15) is 9.36 Å². The Morgan fingerprint density at radius 2 is 1.79 bits per heavy atom. The van der Waals surface area contributed by atoms with Crippen LogP contribution in [0.15, 0.2) is 36.4 Å². The predicted molar refractivity (Wildman–Crippen MR) is 119 cm³/mol. The molecule has 0 N–H and O–H groups in total. The zero-order valence-corrected chi connectivity index (χ0v) is 18.7. The molecule has 0 aliphatic heterocycles. The maximum absolute atomic E-state index is 6.08. The van der Waals surface area contributed by atoms with E-state index in [0.717, 1.165) is 30.8 Å². The number of aryl methyl sites for hydroxylation is 2. The van der Waals surface area contributed by atoms with Crippen LogP contribution in [-0.4, -0.2) is 41.0 Å². The highest BCUT2D eigenvalue weighted by Crippen LogP contribution is 2.36. The molecule has 3 rings (SSSR count). The Labute approximate surface area is 177 Å². The summed E-state index contributed by atoms with van der Waals surface area (Å²) < 4.78 is 16.4. The summed E-state index contributed by atoms with van der Waals surface area (Å²) in [7, 11) is 2.14. The van der Waals surface area contributed by atoms with Gasteiger partial charge in [0.25, 0.3) is 5.19 Å². The lowest BCUT2D eigenvalue weighted by Gasteiger charge is -2.17. The quantitative estimate of drug-likeness (QED) is 0.465. The summed E-state index contributed by atoms with van der Waals surface area (Å²) in [5, 5.41) is 0.513. The van der Waals surface area contributed by atoms with Gasteiger partial charge in [0.15, 0.2) is 17.3 Å². The molecule has 154 valence electrons. The monoisotopic (exact) mass is 411 g/mol. The van der Waals surface area contributed by atoms with Crippen LogP contribution in [0.3, 0.4) is 0 Å². The molecule has 0 bridgehead atoms. The molecule has 3 aromatic rings. The highest BCUT2D eigenvalue weighted by Gasteiger charge is 2.14. The van der Waals surface area contributed by atoms with Gasteiger partial charge in [-0.1, -0.05) is 36.8 Å². The molecule has 0 saturated heterocycles. The molecule has 0 fully saturated rings. The maximum Gasteiger partial charge on any atom is 0.299 e. The first-order valence-corrected chi connectivity index (χ1v) is 10.8. The van der Waals surface area contributed by atoms with Crippen molar-refractivity contribution in [2.45, 2.75) is 34.1 Å². The van der Waals surface area contributed by atoms with Crippen LogP contribution in [-0.2, 0) is 6.42 Å². The molecule has 0 unspecified atom stereocenters. The van der Waals surface area contributed by atoms with Crippen molar-refractivity contribution in [3.63, 3.8) is 0 Å². The topological polar surface area (TPSA) is 47.5 Å². The second-order valence-corrected chi connectivity index (χ2v) is 7.87. The van der Waals surface area contributed by atoms with E-state index >= 15 is 0 Å². The van der Waals surface area contributed by atoms with Crippen LogP contribution in [0.4, 0.5) is 0 Å². The van der Waals surface area contributed by atoms with E-state index in [4.69, 9.17) is 9.47 Å². The third kappa shape index (κ3) is 5.55. The van der Waals surface area contributed by atoms with Crippen LogP contribution in [0.2, 0.25) is 0 Å². The van der Waals surface area contributed by atoms with Gasteiger partial charge in [-0.15, -0.1) is 0 Å². The Balaban J connectivity index is 1.81. The number of nitrogens with zero attached hydrogens (tertiary/aromatic N) is 3. The summed E-state index contributed by atoms with van der Waals surface area (Å²) in [5.74, 6) is 2.11. The standard InChI is InChI=1S/C23H29N3O2S/c1-6-26(5)13-12-19-15-20(27-7-2)21(14-17(19)4)28-23-24-22(25-29-23)18-10-8-16(3)9-11-18/h8-11,14-15H,6-7,12-13H2,1-5H3. The molecule has 29 heavy (non-hydrogen) atoms. The largest absolute Gasteiger partial charge is 0.490 e. The van der Waals surface area contributed by atoms with Crippen LogP contribution in [0.1, 0.15) is 30.5 Å². The van der Waals surface area contributed by atoms with Crippen molar-refractivity contribution in [2.24, 2.45) is 0 Å². The molecule has 0 spiro atoms. The molecule has 5 nitrogen and oxygen atoms in total. The van der Waals surface area contributed by atoms with Gasteiger partial charge in [0.1, 0.15) is 0 Å². The van der Waals surface area contributed by atoms with E-state index in [1.807, 2.05) is 25.1 Å². The number of ether oxygens (including phenoxy) is 2. The van der Waals surface area contributed by atoms with Gasteiger partial charge < -0.3 is 14.4 Å². The van der Waals surface area contributed by atoms with E-state index < -0.39 is 0 Å². The summed E-state index contributed by atoms with van der Waals surface area (Å²) in [6.07, 6.45) is 0.979. The SMILES string of the molecule is CCOc1cc(CCN(C)CC)c(C)cc1Oc1nc(-c2ccc(C)cc2)ns1. The number of aromatic nitrogens is 2. The Bertz CT molecular complexity index is 938. The Morgan fingerprint density at radius 3 is 2.48 bits per heavy atom. The van der Waals surface area contributed by atoms with E-state index in [1.54, 1.807) is 0 Å². The van der Waals surface area contributed by atoms with Crippen molar-refractivity contribution in [1.82, 2.24) is 14.3 Å². The minimum atomic E-state index is 0.513. The maximum atomic E-state index is 6.08. The zero-order chi connectivity index (χ0) is 20.8. The van der Waals surface area contributed by atoms with Crippen molar-refractivity contribution in [3.05, 3.63) is 53.1 Å². The highest BCUT2D eigenvalue weighted by atomic mass is 32.1. The summed E-state index contributed by atoms with van der Waals surface area (Å²) in [5.41, 5.74) is 4.66. The van der Waals surface area contributed by atoms with Crippen LogP contribution in [0, 0.1) is 13.8 Å². The average molecular weight is 412 g/mol. The van der Waals surface area contributed by atoms with Gasteiger partial charge in [0, 0.05) is 23.6 Å². The van der Waals surface area contributed by atoms with E-state index in [1.165, 1.54) is 28.2 Å². The molecule has 0 aliphatic rings. The summed E-state index contributed by atoms with van der Waals surface area (Å²) in [4.78, 5) is 6.86. The average Bonchev–Trinajstić information content (AvgIpc) is 3.17. The van der Waals surface area contributed by atoms with Crippen LogP contribution in [0.25, 0.3) is 11.4 Å². The molecular weight excluding hydrogens is 382 g/mol. The zero-order valence-electron chi connectivity index (χ0n) is 17.9. The molecule has 0 saturated carbocycles. The van der Waals surface area contributed by atoms with Gasteiger partial charge in [0.2, 0.25) is 0 Å². The molecule has 0 amide bonds. The second kappa shape index (κ2) is 9.85. The van der Waals surface area contributed by atoms with Crippen LogP contribution in [0.5, 0.6) is 16.7 Å². The second-order valence-electron chi connectivity index (χ2n) is 7.16. The number of hydrogen-bond acceptors (Lipinski definition) is 6. The number of benzene rings is 2. The van der Waals surface area contributed by atoms with E-state index in [2.05, 4.69) is 60.3 Å². The molecule has 6 heteroatoms. The fourth-order valence-electron chi connectivity index (χ4n) is 2.96. The third-order valence-electron chi connectivity index (χ3n) is 4.92. The molecule has 0 radical (unpaired) electrons. The van der Waals surface area contributed by atoms with Crippen molar-refractivity contribution in [3.8, 4) is 28.1 Å². The van der Waals surface area contributed by atoms with Gasteiger partial charge in [-0.25, -0.2) is 0 Å².